The summed E-state index contributed by atoms with van der Waals surface area (Å²) in [5.74, 6) is 1.55. The Morgan fingerprint density at radius 1 is 0.941 bits per heavy atom. The molecular formula is C13H11IO2S. The molecule has 0 bridgehead atoms. The zero-order valence-electron chi connectivity index (χ0n) is 9.22. The molecule has 2 rings (SSSR count). The molecule has 0 aliphatic carbocycles. The lowest BCUT2D eigenvalue weighted by Crippen LogP contribution is -1.96. The summed E-state index contributed by atoms with van der Waals surface area (Å²) in [7, 11) is 0. The molecule has 0 saturated heterocycles. The van der Waals surface area contributed by atoms with E-state index in [1.807, 2.05) is 48.5 Å². The van der Waals surface area contributed by atoms with E-state index in [9.17, 15) is 4.55 Å². The van der Waals surface area contributed by atoms with Crippen molar-refractivity contribution >= 4 is 33.8 Å². The highest BCUT2D eigenvalue weighted by Gasteiger charge is 2.04. The Kier molecular flexibility index (Phi) is 4.31. The van der Waals surface area contributed by atoms with E-state index in [0.717, 1.165) is 16.4 Å². The molecule has 0 aliphatic rings. The lowest BCUT2D eigenvalue weighted by Gasteiger charge is -2.07. The minimum absolute atomic E-state index is 0.750. The number of benzene rings is 2. The fraction of sp³-hybridized carbons (Fsp3) is 0.0769. The summed E-state index contributed by atoms with van der Waals surface area (Å²) in [5.41, 5.74) is 0. The Bertz CT molecular complexity index is 480. The van der Waals surface area contributed by atoms with Crippen molar-refractivity contribution in [1.82, 2.24) is 0 Å². The second kappa shape index (κ2) is 5.75. The molecule has 1 unspecified atom stereocenters. The molecule has 2 aromatic carbocycles. The lowest BCUT2D eigenvalue weighted by atomic mass is 10.3. The average Bonchev–Trinajstić information content (AvgIpc) is 2.33. The van der Waals surface area contributed by atoms with Crippen LogP contribution in [-0.4, -0.2) is 10.8 Å². The maximum absolute atomic E-state index is 11.2. The molecule has 1 atom stereocenters. The van der Waals surface area contributed by atoms with Crippen LogP contribution in [0.15, 0.2) is 53.4 Å². The fourth-order valence-corrected chi connectivity index (χ4v) is 2.22. The van der Waals surface area contributed by atoms with Gasteiger partial charge in [-0.05, 0) is 82.3 Å². The maximum atomic E-state index is 11.2. The summed E-state index contributed by atoms with van der Waals surface area (Å²) in [6.07, 6.45) is 1.66. The van der Waals surface area contributed by atoms with E-state index in [1.54, 1.807) is 6.26 Å². The first-order chi connectivity index (χ1) is 8.15. The van der Waals surface area contributed by atoms with Crippen molar-refractivity contribution < 1.29 is 9.29 Å². The highest BCUT2D eigenvalue weighted by molar-refractivity contribution is 14.1. The van der Waals surface area contributed by atoms with Crippen molar-refractivity contribution in [2.75, 3.05) is 6.26 Å². The van der Waals surface area contributed by atoms with Crippen LogP contribution in [0, 0.1) is 3.57 Å². The van der Waals surface area contributed by atoms with Gasteiger partial charge in [0.25, 0.3) is 0 Å². The minimum Gasteiger partial charge on any atom is -0.612 e. The lowest BCUT2D eigenvalue weighted by molar-refractivity contribution is 0.482. The third-order valence-corrected chi connectivity index (χ3v) is 3.86. The van der Waals surface area contributed by atoms with Crippen molar-refractivity contribution in [3.63, 3.8) is 0 Å². The van der Waals surface area contributed by atoms with Gasteiger partial charge in [-0.2, -0.15) is 0 Å². The fourth-order valence-electron chi connectivity index (χ4n) is 1.34. The van der Waals surface area contributed by atoms with E-state index >= 15 is 0 Å². The molecule has 0 aliphatic heterocycles. The molecule has 4 heteroatoms. The van der Waals surface area contributed by atoms with Crippen molar-refractivity contribution in [2.45, 2.75) is 4.90 Å². The third-order valence-electron chi connectivity index (χ3n) is 2.20. The third kappa shape index (κ3) is 3.62. The Hall–Kier alpha value is -0.720. The predicted molar refractivity (Wildman–Crippen MR) is 78.0 cm³/mol. The van der Waals surface area contributed by atoms with E-state index in [4.69, 9.17) is 4.74 Å². The standard InChI is InChI=1S/C13H11IO2S/c1-17(15)13-8-6-12(7-9-13)16-11-4-2-10(14)3-5-11/h2-9H,1H3. The van der Waals surface area contributed by atoms with Crippen LogP contribution in [0.2, 0.25) is 0 Å². The van der Waals surface area contributed by atoms with Gasteiger partial charge in [0.2, 0.25) is 0 Å². The largest absolute Gasteiger partial charge is 0.612 e. The van der Waals surface area contributed by atoms with Gasteiger partial charge in [0.1, 0.15) is 17.8 Å². The molecule has 0 radical (unpaired) electrons. The SMILES string of the molecule is C[S+]([O-])c1ccc(Oc2ccc(I)cc2)cc1. The zero-order chi connectivity index (χ0) is 12.3. The van der Waals surface area contributed by atoms with Crippen molar-refractivity contribution in [3.05, 3.63) is 52.1 Å². The summed E-state index contributed by atoms with van der Waals surface area (Å²) < 4.78 is 18.1. The maximum Gasteiger partial charge on any atom is 0.152 e. The van der Waals surface area contributed by atoms with E-state index in [1.165, 1.54) is 3.57 Å². The molecule has 0 spiro atoms. The molecule has 0 heterocycles. The van der Waals surface area contributed by atoms with Gasteiger partial charge in [0.05, 0.1) is 0 Å². The highest BCUT2D eigenvalue weighted by Crippen LogP contribution is 2.23. The van der Waals surface area contributed by atoms with Crippen LogP contribution in [0.25, 0.3) is 0 Å². The van der Waals surface area contributed by atoms with Gasteiger partial charge in [0.15, 0.2) is 4.90 Å². The van der Waals surface area contributed by atoms with Crippen LogP contribution in [0.3, 0.4) is 0 Å². The van der Waals surface area contributed by atoms with E-state index in [2.05, 4.69) is 22.6 Å². The van der Waals surface area contributed by atoms with Gasteiger partial charge in [-0.1, -0.05) is 0 Å². The van der Waals surface area contributed by atoms with Crippen molar-refractivity contribution in [2.24, 2.45) is 0 Å². The Labute approximate surface area is 117 Å². The van der Waals surface area contributed by atoms with Gasteiger partial charge in [-0.25, -0.2) is 0 Å². The summed E-state index contributed by atoms with van der Waals surface area (Å²) in [6, 6.07) is 15.1. The molecule has 17 heavy (non-hydrogen) atoms. The first kappa shape index (κ1) is 12.7. The topological polar surface area (TPSA) is 32.3 Å². The highest BCUT2D eigenvalue weighted by atomic mass is 127. The van der Waals surface area contributed by atoms with Crippen molar-refractivity contribution in [3.8, 4) is 11.5 Å². The van der Waals surface area contributed by atoms with Crippen LogP contribution in [0.4, 0.5) is 0 Å². The Morgan fingerprint density at radius 3 is 1.88 bits per heavy atom. The van der Waals surface area contributed by atoms with Crippen LogP contribution < -0.4 is 4.74 Å². The number of hydrogen-bond donors (Lipinski definition) is 0. The quantitative estimate of drug-likeness (QED) is 0.617. The molecule has 0 N–H and O–H groups in total. The van der Waals surface area contributed by atoms with Gasteiger partial charge < -0.3 is 9.29 Å². The molecule has 0 aromatic heterocycles. The second-order valence-corrected chi connectivity index (χ2v) is 6.11. The van der Waals surface area contributed by atoms with Gasteiger partial charge in [0, 0.05) is 3.57 Å². The Balaban J connectivity index is 2.11. The van der Waals surface area contributed by atoms with Crippen LogP contribution in [0.1, 0.15) is 0 Å². The first-order valence-electron chi connectivity index (χ1n) is 5.02. The predicted octanol–water partition coefficient (Wildman–Crippen LogP) is 3.82. The first-order valence-corrected chi connectivity index (χ1v) is 7.66. The molecular weight excluding hydrogens is 347 g/mol. The zero-order valence-corrected chi connectivity index (χ0v) is 12.2. The van der Waals surface area contributed by atoms with Crippen LogP contribution in [-0.2, 0) is 11.2 Å². The molecule has 0 saturated carbocycles. The molecule has 0 fully saturated rings. The molecule has 0 amide bonds. The number of halogens is 1. The molecule has 88 valence electrons. The number of ether oxygens (including phenoxy) is 1. The van der Waals surface area contributed by atoms with Gasteiger partial charge in [-0.15, -0.1) is 0 Å². The van der Waals surface area contributed by atoms with Gasteiger partial charge >= 0.3 is 0 Å². The number of hydrogen-bond acceptors (Lipinski definition) is 2. The van der Waals surface area contributed by atoms with Crippen LogP contribution in [0.5, 0.6) is 11.5 Å². The van der Waals surface area contributed by atoms with E-state index in [-0.39, 0.29) is 0 Å². The molecule has 2 nitrogen and oxygen atoms in total. The second-order valence-electron chi connectivity index (χ2n) is 3.48. The molecule has 2 aromatic rings. The summed E-state index contributed by atoms with van der Waals surface area (Å²) in [6.45, 7) is 0. The average molecular weight is 358 g/mol. The minimum atomic E-state index is -0.943. The summed E-state index contributed by atoms with van der Waals surface area (Å²) >= 11 is 1.31. The van der Waals surface area contributed by atoms with Crippen molar-refractivity contribution in [1.29, 1.82) is 0 Å². The summed E-state index contributed by atoms with van der Waals surface area (Å²) in [4.78, 5) is 0.806. The Morgan fingerprint density at radius 2 is 1.41 bits per heavy atom. The summed E-state index contributed by atoms with van der Waals surface area (Å²) in [5, 5.41) is 0. The van der Waals surface area contributed by atoms with Crippen LogP contribution >= 0.6 is 22.6 Å². The number of rotatable bonds is 3. The van der Waals surface area contributed by atoms with Gasteiger partial charge in [-0.3, -0.25) is 0 Å². The van der Waals surface area contributed by atoms with E-state index < -0.39 is 11.2 Å². The van der Waals surface area contributed by atoms with E-state index in [0.29, 0.717) is 0 Å². The normalized spacial score (nSPS) is 12.2. The smallest absolute Gasteiger partial charge is 0.152 e. The monoisotopic (exact) mass is 358 g/mol.